The van der Waals surface area contributed by atoms with E-state index in [1.165, 1.54) is 7.11 Å². The number of rotatable bonds is 13. The highest BCUT2D eigenvalue weighted by atomic mass is 16.7. The number of hydrogen-bond acceptors (Lipinski definition) is 9. The van der Waals surface area contributed by atoms with Gasteiger partial charge in [-0.15, -0.1) is 0 Å². The fraction of sp³-hybridized carbons (Fsp3) is 0.281. The monoisotopic (exact) mass is 589 g/mol. The van der Waals surface area contributed by atoms with Gasteiger partial charge >= 0.3 is 5.97 Å². The Labute approximate surface area is 249 Å². The van der Waals surface area contributed by atoms with E-state index < -0.39 is 18.2 Å². The number of anilines is 2. The van der Waals surface area contributed by atoms with Crippen molar-refractivity contribution in [3.63, 3.8) is 0 Å². The smallest absolute Gasteiger partial charge is 0.337 e. The summed E-state index contributed by atoms with van der Waals surface area (Å²) in [5.74, 6) is -1.28. The average Bonchev–Trinajstić information content (AvgIpc) is 3.04. The maximum absolute atomic E-state index is 13.2. The Balaban J connectivity index is 1.39. The first-order valence-electron chi connectivity index (χ1n) is 13.8. The van der Waals surface area contributed by atoms with E-state index in [1.807, 2.05) is 0 Å². The van der Waals surface area contributed by atoms with E-state index in [-0.39, 0.29) is 50.6 Å². The van der Waals surface area contributed by atoms with E-state index in [0.717, 1.165) is 11.1 Å². The molecule has 226 valence electrons. The van der Waals surface area contributed by atoms with Gasteiger partial charge in [-0.1, -0.05) is 36.4 Å². The SMILES string of the molecule is COC(=O)c1ccc([C@H]2C=C(C(=O)NCc3ccc(C(=O)Nc4ccccc4N)cc3)O[C@@H](OCCOCCO)C2)cc1. The van der Waals surface area contributed by atoms with Crippen LogP contribution in [0.15, 0.2) is 84.6 Å². The van der Waals surface area contributed by atoms with E-state index in [1.54, 1.807) is 78.9 Å². The molecule has 3 aromatic carbocycles. The maximum Gasteiger partial charge on any atom is 0.337 e. The fourth-order valence-corrected chi connectivity index (χ4v) is 4.39. The molecule has 0 radical (unpaired) electrons. The molecule has 0 spiro atoms. The number of ether oxygens (including phenoxy) is 4. The summed E-state index contributed by atoms with van der Waals surface area (Å²) >= 11 is 0. The lowest BCUT2D eigenvalue weighted by Gasteiger charge is -2.29. The standard InChI is InChI=1S/C32H35N3O8/c1-40-32(39)24-12-10-22(11-13-24)25-18-28(43-29(19-25)42-17-16-41-15-14-36)31(38)34-20-21-6-8-23(9-7-21)30(37)35-27-5-3-2-4-26(27)33/h2-13,18,25,29,36H,14-17,19-20,33H2,1H3,(H,34,38)(H,35,37)/t25-,29+/m0/s1. The lowest BCUT2D eigenvalue weighted by atomic mass is 9.92. The number of hydrogen-bond donors (Lipinski definition) is 4. The number of aliphatic hydroxyl groups is 1. The molecule has 1 heterocycles. The van der Waals surface area contributed by atoms with Gasteiger partial charge in [-0.3, -0.25) is 9.59 Å². The van der Waals surface area contributed by atoms with E-state index in [4.69, 9.17) is 29.8 Å². The summed E-state index contributed by atoms with van der Waals surface area (Å²) in [5, 5.41) is 14.5. The topological polar surface area (TPSA) is 158 Å². The van der Waals surface area contributed by atoms with Gasteiger partial charge in [0.25, 0.3) is 11.8 Å². The Bertz CT molecular complexity index is 1420. The first kappa shape index (κ1) is 31.2. The predicted molar refractivity (Wildman–Crippen MR) is 159 cm³/mol. The summed E-state index contributed by atoms with van der Waals surface area (Å²) in [6.07, 6.45) is 1.45. The van der Waals surface area contributed by atoms with Crippen LogP contribution in [-0.4, -0.2) is 62.7 Å². The van der Waals surface area contributed by atoms with Crippen LogP contribution in [0.2, 0.25) is 0 Å². The molecule has 5 N–H and O–H groups in total. The number of nitrogen functional groups attached to an aromatic ring is 1. The van der Waals surface area contributed by atoms with E-state index >= 15 is 0 Å². The Hall–Kier alpha value is -4.71. The van der Waals surface area contributed by atoms with Gasteiger partial charge in [-0.2, -0.15) is 0 Å². The highest BCUT2D eigenvalue weighted by molar-refractivity contribution is 6.05. The molecule has 1 aliphatic rings. The third kappa shape index (κ3) is 8.89. The lowest BCUT2D eigenvalue weighted by Crippen LogP contribution is -2.33. The van der Waals surface area contributed by atoms with Crippen LogP contribution >= 0.6 is 0 Å². The Morgan fingerprint density at radius 3 is 2.35 bits per heavy atom. The van der Waals surface area contributed by atoms with Crippen molar-refractivity contribution in [2.45, 2.75) is 25.2 Å². The molecule has 43 heavy (non-hydrogen) atoms. The van der Waals surface area contributed by atoms with Crippen LogP contribution in [0, 0.1) is 0 Å². The number of esters is 1. The maximum atomic E-state index is 13.2. The molecule has 0 fully saturated rings. The molecule has 11 nitrogen and oxygen atoms in total. The molecular weight excluding hydrogens is 554 g/mol. The molecule has 2 atom stereocenters. The average molecular weight is 590 g/mol. The minimum absolute atomic E-state index is 0.0879. The van der Waals surface area contributed by atoms with Gasteiger partial charge < -0.3 is 40.4 Å². The van der Waals surface area contributed by atoms with E-state index in [0.29, 0.717) is 28.9 Å². The van der Waals surface area contributed by atoms with Crippen molar-refractivity contribution in [1.29, 1.82) is 0 Å². The zero-order chi connectivity index (χ0) is 30.6. The predicted octanol–water partition coefficient (Wildman–Crippen LogP) is 3.36. The second-order valence-electron chi connectivity index (χ2n) is 9.66. The molecule has 0 saturated heterocycles. The van der Waals surface area contributed by atoms with E-state index in [2.05, 4.69) is 10.6 Å². The number of amides is 2. The minimum atomic E-state index is -0.717. The van der Waals surface area contributed by atoms with Gasteiger partial charge in [-0.05, 0) is 53.6 Å². The molecule has 0 bridgehead atoms. The van der Waals surface area contributed by atoms with Crippen molar-refractivity contribution in [3.8, 4) is 0 Å². The third-order valence-electron chi connectivity index (χ3n) is 6.69. The second kappa shape index (κ2) is 15.5. The number of nitrogens with two attached hydrogens (primary N) is 1. The van der Waals surface area contributed by atoms with Crippen LogP contribution in [0.4, 0.5) is 11.4 Å². The summed E-state index contributed by atoms with van der Waals surface area (Å²) < 4.78 is 21.7. The molecule has 4 rings (SSSR count). The van der Waals surface area contributed by atoms with Gasteiger partial charge in [0.2, 0.25) is 6.29 Å². The summed E-state index contributed by atoms with van der Waals surface area (Å²) in [5.41, 5.74) is 9.42. The second-order valence-corrected chi connectivity index (χ2v) is 9.66. The van der Waals surface area contributed by atoms with Crippen molar-refractivity contribution < 1.29 is 38.4 Å². The number of para-hydroxylation sites is 2. The molecule has 2 amide bonds. The first-order chi connectivity index (χ1) is 20.9. The minimum Gasteiger partial charge on any atom is -0.465 e. The van der Waals surface area contributed by atoms with Gasteiger partial charge in [0.05, 0.1) is 50.5 Å². The molecule has 3 aromatic rings. The van der Waals surface area contributed by atoms with Crippen molar-refractivity contribution in [1.82, 2.24) is 5.32 Å². The number of nitrogens with one attached hydrogen (secondary N) is 2. The van der Waals surface area contributed by atoms with Crippen LogP contribution in [0.3, 0.4) is 0 Å². The Kier molecular flexibility index (Phi) is 11.3. The number of benzene rings is 3. The largest absolute Gasteiger partial charge is 0.465 e. The number of aliphatic hydroxyl groups excluding tert-OH is 1. The van der Waals surface area contributed by atoms with Crippen LogP contribution in [0.25, 0.3) is 0 Å². The van der Waals surface area contributed by atoms with Crippen molar-refractivity contribution in [2.75, 3.05) is 44.6 Å². The Morgan fingerprint density at radius 2 is 1.65 bits per heavy atom. The molecule has 0 unspecified atom stereocenters. The molecule has 0 aliphatic carbocycles. The molecule has 0 aromatic heterocycles. The first-order valence-corrected chi connectivity index (χ1v) is 13.8. The van der Waals surface area contributed by atoms with Gasteiger partial charge in [0.15, 0.2) is 5.76 Å². The van der Waals surface area contributed by atoms with Crippen LogP contribution < -0.4 is 16.4 Å². The van der Waals surface area contributed by atoms with E-state index in [9.17, 15) is 14.4 Å². The quantitative estimate of drug-likeness (QED) is 0.133. The highest BCUT2D eigenvalue weighted by Gasteiger charge is 2.29. The summed E-state index contributed by atoms with van der Waals surface area (Å²) in [4.78, 5) is 37.6. The van der Waals surface area contributed by atoms with Crippen LogP contribution in [0.1, 0.15) is 44.2 Å². The zero-order valence-electron chi connectivity index (χ0n) is 23.8. The van der Waals surface area contributed by atoms with Gasteiger partial charge in [0, 0.05) is 24.4 Å². The summed E-state index contributed by atoms with van der Waals surface area (Å²) in [7, 11) is 1.32. The number of methoxy groups -OCH3 is 1. The van der Waals surface area contributed by atoms with Crippen LogP contribution in [0.5, 0.6) is 0 Å². The fourth-order valence-electron chi connectivity index (χ4n) is 4.39. The van der Waals surface area contributed by atoms with Crippen molar-refractivity contribution in [2.24, 2.45) is 0 Å². The van der Waals surface area contributed by atoms with Crippen molar-refractivity contribution in [3.05, 3.63) is 107 Å². The van der Waals surface area contributed by atoms with Gasteiger partial charge in [-0.25, -0.2) is 4.79 Å². The van der Waals surface area contributed by atoms with Gasteiger partial charge in [0.1, 0.15) is 0 Å². The molecule has 1 aliphatic heterocycles. The normalized spacial score (nSPS) is 16.0. The van der Waals surface area contributed by atoms with Crippen molar-refractivity contribution >= 4 is 29.2 Å². The third-order valence-corrected chi connectivity index (χ3v) is 6.69. The number of carbonyl (C=O) groups is 3. The lowest BCUT2D eigenvalue weighted by molar-refractivity contribution is -0.151. The summed E-state index contributed by atoms with van der Waals surface area (Å²) in [6.45, 7) is 0.785. The zero-order valence-corrected chi connectivity index (χ0v) is 23.8. The molecular formula is C32H35N3O8. The highest BCUT2D eigenvalue weighted by Crippen LogP contribution is 2.32. The summed E-state index contributed by atoms with van der Waals surface area (Å²) in [6, 6.07) is 20.8. The number of allylic oxidation sites excluding steroid dienone is 1. The molecule has 11 heteroatoms. The Morgan fingerprint density at radius 1 is 0.930 bits per heavy atom. The number of carbonyl (C=O) groups excluding carboxylic acids is 3. The molecule has 0 saturated carbocycles. The van der Waals surface area contributed by atoms with Crippen LogP contribution in [-0.2, 0) is 30.3 Å².